The lowest BCUT2D eigenvalue weighted by molar-refractivity contribution is -0.118. The molecule has 152 valence electrons. The Kier molecular flexibility index (Phi) is 6.52. The first-order valence-electron chi connectivity index (χ1n) is 9.29. The van der Waals surface area contributed by atoms with E-state index in [1.807, 2.05) is 73.0 Å². The topological polar surface area (TPSA) is 59.3 Å². The second-order valence-corrected chi connectivity index (χ2v) is 8.92. The van der Waals surface area contributed by atoms with Gasteiger partial charge in [0.15, 0.2) is 5.16 Å². The largest absolute Gasteiger partial charge is 0.314 e. The van der Waals surface area contributed by atoms with Crippen LogP contribution in [0.4, 0.5) is 0 Å². The van der Waals surface area contributed by atoms with Gasteiger partial charge in [0.1, 0.15) is 0 Å². The van der Waals surface area contributed by atoms with Gasteiger partial charge in [-0.25, -0.2) is 10.4 Å². The predicted octanol–water partition coefficient (Wildman–Crippen LogP) is 5.43. The monoisotopic (exact) mass is 454 g/mol. The van der Waals surface area contributed by atoms with Crippen LogP contribution < -0.4 is 5.43 Å². The number of hydrazone groups is 1. The molecule has 0 unspecified atom stereocenters. The van der Waals surface area contributed by atoms with Crippen LogP contribution in [0.2, 0.25) is 5.02 Å². The summed E-state index contributed by atoms with van der Waals surface area (Å²) in [6, 6.07) is 19.7. The van der Waals surface area contributed by atoms with Crippen LogP contribution in [0.25, 0.3) is 11.0 Å². The standard InChI is InChI=1S/C22H19ClN4OS2/c1-15(20-7-4-12-29-20)25-26-21(28)14-30-22-24-18-5-2-3-6-19(18)27(22)13-16-8-10-17(23)11-9-16/h2-12H,13-14H2,1H3,(H,26,28)/b25-15+. The highest BCUT2D eigenvalue weighted by Crippen LogP contribution is 2.25. The molecule has 0 radical (unpaired) electrons. The van der Waals surface area contributed by atoms with Gasteiger partial charge in [-0.3, -0.25) is 4.79 Å². The van der Waals surface area contributed by atoms with E-state index in [2.05, 4.69) is 15.1 Å². The van der Waals surface area contributed by atoms with Crippen LogP contribution in [0.3, 0.4) is 0 Å². The summed E-state index contributed by atoms with van der Waals surface area (Å²) in [6.45, 7) is 2.53. The average molecular weight is 455 g/mol. The van der Waals surface area contributed by atoms with Crippen molar-refractivity contribution < 1.29 is 4.79 Å². The van der Waals surface area contributed by atoms with Crippen LogP contribution in [0, 0.1) is 0 Å². The first-order chi connectivity index (χ1) is 14.6. The molecule has 0 spiro atoms. The fourth-order valence-electron chi connectivity index (χ4n) is 2.94. The van der Waals surface area contributed by atoms with Crippen LogP contribution in [-0.2, 0) is 11.3 Å². The molecule has 0 aliphatic heterocycles. The molecule has 2 aromatic carbocycles. The fourth-order valence-corrected chi connectivity index (χ4v) is 4.55. The average Bonchev–Trinajstić information content (AvgIpc) is 3.41. The molecule has 5 nitrogen and oxygen atoms in total. The molecule has 0 saturated heterocycles. The molecule has 0 bridgehead atoms. The van der Waals surface area contributed by atoms with Crippen LogP contribution in [0.15, 0.2) is 76.3 Å². The van der Waals surface area contributed by atoms with Gasteiger partial charge in [0.2, 0.25) is 0 Å². The number of nitrogens with zero attached hydrogens (tertiary/aromatic N) is 3. The molecule has 4 rings (SSSR count). The van der Waals surface area contributed by atoms with Gasteiger partial charge in [-0.05, 0) is 48.2 Å². The van der Waals surface area contributed by atoms with Crippen molar-refractivity contribution in [3.05, 3.63) is 81.5 Å². The van der Waals surface area contributed by atoms with Crippen LogP contribution >= 0.6 is 34.7 Å². The molecule has 2 heterocycles. The van der Waals surface area contributed by atoms with Gasteiger partial charge < -0.3 is 4.57 Å². The van der Waals surface area contributed by atoms with Crippen molar-refractivity contribution in [3.63, 3.8) is 0 Å². The van der Waals surface area contributed by atoms with E-state index in [1.54, 1.807) is 11.3 Å². The van der Waals surface area contributed by atoms with Gasteiger partial charge in [-0.2, -0.15) is 5.10 Å². The van der Waals surface area contributed by atoms with Gasteiger partial charge in [0.05, 0.1) is 29.0 Å². The molecule has 0 aliphatic carbocycles. The number of thioether (sulfide) groups is 1. The molecule has 30 heavy (non-hydrogen) atoms. The van der Waals surface area contributed by atoms with Crippen molar-refractivity contribution in [2.75, 3.05) is 5.75 Å². The third kappa shape index (κ3) is 4.92. The number of hydrogen-bond acceptors (Lipinski definition) is 5. The molecular weight excluding hydrogens is 436 g/mol. The lowest BCUT2D eigenvalue weighted by Crippen LogP contribution is -2.21. The van der Waals surface area contributed by atoms with E-state index in [0.29, 0.717) is 11.6 Å². The maximum atomic E-state index is 12.3. The molecule has 1 amide bonds. The van der Waals surface area contributed by atoms with Gasteiger partial charge in [-0.1, -0.05) is 53.7 Å². The van der Waals surface area contributed by atoms with Crippen LogP contribution in [0.5, 0.6) is 0 Å². The SMILES string of the molecule is C/C(=N\NC(=O)CSc1nc2ccccc2n1Cc1ccc(Cl)cc1)c1cccs1. The minimum Gasteiger partial charge on any atom is -0.314 e. The van der Waals surface area contributed by atoms with E-state index in [-0.39, 0.29) is 11.7 Å². The minimum absolute atomic E-state index is 0.166. The van der Waals surface area contributed by atoms with Crippen molar-refractivity contribution in [2.45, 2.75) is 18.6 Å². The van der Waals surface area contributed by atoms with Gasteiger partial charge in [0, 0.05) is 9.90 Å². The number of carbonyl (C=O) groups excluding carboxylic acids is 1. The van der Waals surface area contributed by atoms with E-state index < -0.39 is 0 Å². The smallest absolute Gasteiger partial charge is 0.250 e. The Balaban J connectivity index is 1.48. The van der Waals surface area contributed by atoms with Crippen molar-refractivity contribution in [1.29, 1.82) is 0 Å². The Morgan fingerprint density at radius 1 is 1.17 bits per heavy atom. The van der Waals surface area contributed by atoms with E-state index in [9.17, 15) is 4.79 Å². The molecule has 4 aromatic rings. The first kappa shape index (κ1) is 20.7. The maximum Gasteiger partial charge on any atom is 0.250 e. The number of imidazole rings is 1. The number of aromatic nitrogens is 2. The van der Waals surface area contributed by atoms with E-state index in [4.69, 9.17) is 16.6 Å². The molecule has 0 fully saturated rings. The van der Waals surface area contributed by atoms with E-state index in [0.717, 1.165) is 32.3 Å². The third-order valence-corrected chi connectivity index (χ3v) is 6.64. The summed E-state index contributed by atoms with van der Waals surface area (Å²) in [5.41, 5.74) is 6.47. The Hall–Kier alpha value is -2.61. The Morgan fingerprint density at radius 2 is 1.97 bits per heavy atom. The second-order valence-electron chi connectivity index (χ2n) is 6.59. The third-order valence-electron chi connectivity index (χ3n) is 4.43. The van der Waals surface area contributed by atoms with Crippen molar-refractivity contribution in [2.24, 2.45) is 5.10 Å². The summed E-state index contributed by atoms with van der Waals surface area (Å²) in [6.07, 6.45) is 0. The summed E-state index contributed by atoms with van der Waals surface area (Å²) in [4.78, 5) is 18.1. The minimum atomic E-state index is -0.166. The van der Waals surface area contributed by atoms with Crippen LogP contribution in [0.1, 0.15) is 17.4 Å². The van der Waals surface area contributed by atoms with Crippen molar-refractivity contribution >= 4 is 57.4 Å². The summed E-state index contributed by atoms with van der Waals surface area (Å²) >= 11 is 9.00. The Morgan fingerprint density at radius 3 is 2.73 bits per heavy atom. The summed E-state index contributed by atoms with van der Waals surface area (Å²) < 4.78 is 2.12. The zero-order valence-corrected chi connectivity index (χ0v) is 18.6. The zero-order chi connectivity index (χ0) is 20.9. The van der Waals surface area contributed by atoms with Gasteiger partial charge in [0.25, 0.3) is 5.91 Å². The van der Waals surface area contributed by atoms with E-state index in [1.165, 1.54) is 11.8 Å². The quantitative estimate of drug-likeness (QED) is 0.230. The first-order valence-corrected chi connectivity index (χ1v) is 11.5. The molecule has 0 saturated carbocycles. The summed E-state index contributed by atoms with van der Waals surface area (Å²) in [5.74, 6) is 0.0616. The van der Waals surface area contributed by atoms with Crippen LogP contribution in [-0.4, -0.2) is 26.9 Å². The number of nitrogens with one attached hydrogen (secondary N) is 1. The summed E-state index contributed by atoms with van der Waals surface area (Å²) in [5, 5.41) is 7.68. The molecular formula is C22H19ClN4OS2. The second kappa shape index (κ2) is 9.47. The Labute approximate surface area is 187 Å². The number of benzene rings is 2. The highest BCUT2D eigenvalue weighted by atomic mass is 35.5. The fraction of sp³-hybridized carbons (Fsp3) is 0.136. The lowest BCUT2D eigenvalue weighted by Gasteiger charge is -2.09. The van der Waals surface area contributed by atoms with E-state index >= 15 is 0 Å². The molecule has 8 heteroatoms. The maximum absolute atomic E-state index is 12.3. The van der Waals surface area contributed by atoms with Crippen molar-refractivity contribution in [1.82, 2.24) is 15.0 Å². The summed E-state index contributed by atoms with van der Waals surface area (Å²) in [7, 11) is 0. The van der Waals surface area contributed by atoms with Crippen molar-refractivity contribution in [3.8, 4) is 0 Å². The molecule has 1 N–H and O–H groups in total. The van der Waals surface area contributed by atoms with Gasteiger partial charge >= 0.3 is 0 Å². The Bertz CT molecular complexity index is 1180. The number of halogens is 1. The molecule has 0 aliphatic rings. The number of thiophene rings is 1. The highest BCUT2D eigenvalue weighted by Gasteiger charge is 2.13. The zero-order valence-electron chi connectivity index (χ0n) is 16.2. The molecule has 0 atom stereocenters. The number of hydrogen-bond donors (Lipinski definition) is 1. The number of amides is 1. The molecule has 2 aromatic heterocycles. The predicted molar refractivity (Wildman–Crippen MR) is 126 cm³/mol. The normalized spacial score (nSPS) is 11.7. The number of carbonyl (C=O) groups is 1. The van der Waals surface area contributed by atoms with Gasteiger partial charge in [-0.15, -0.1) is 11.3 Å². The lowest BCUT2D eigenvalue weighted by atomic mass is 10.2. The number of rotatable bonds is 7. The number of para-hydroxylation sites is 2. The highest BCUT2D eigenvalue weighted by molar-refractivity contribution is 7.99. The number of fused-ring (bicyclic) bond motifs is 1.